The lowest BCUT2D eigenvalue weighted by Gasteiger charge is -2.17. The number of benzene rings is 1. The molecule has 1 rings (SSSR count). The number of aliphatic hydroxyl groups is 1. The van der Waals surface area contributed by atoms with Gasteiger partial charge in [-0.05, 0) is 24.1 Å². The molecule has 1 aromatic carbocycles. The second kappa shape index (κ2) is 7.96. The van der Waals surface area contributed by atoms with E-state index in [1.807, 2.05) is 6.92 Å². The van der Waals surface area contributed by atoms with Gasteiger partial charge >= 0.3 is 12.1 Å². The maximum absolute atomic E-state index is 12.5. The van der Waals surface area contributed by atoms with E-state index in [0.29, 0.717) is 6.42 Å². The largest absolute Gasteiger partial charge is 0.480 e. The van der Waals surface area contributed by atoms with Crippen LogP contribution in [0.3, 0.4) is 0 Å². The number of carboxylic acids is 1. The van der Waals surface area contributed by atoms with Crippen molar-refractivity contribution in [3.8, 4) is 0 Å². The Morgan fingerprint density at radius 2 is 1.78 bits per heavy atom. The van der Waals surface area contributed by atoms with Crippen molar-refractivity contribution < 1.29 is 33.0 Å². The molecule has 0 spiro atoms. The topological polar surface area (TPSA) is 86.6 Å². The standard InChI is InChI=1S/C15H18F3NO4/c1-2-3-4-11(14(22)23)19-13(21)12(20)9-5-7-10(8-6-9)15(16,17)18/h5-8,11-12,20H,2-4H2,1H3,(H,19,21)(H,22,23)/t11-,12-/m0/s1. The van der Waals surface area contributed by atoms with Crippen LogP contribution in [0.15, 0.2) is 24.3 Å². The van der Waals surface area contributed by atoms with E-state index in [1.54, 1.807) is 0 Å². The van der Waals surface area contributed by atoms with Crippen LogP contribution in [0.1, 0.15) is 43.4 Å². The van der Waals surface area contributed by atoms with Crippen molar-refractivity contribution in [1.29, 1.82) is 0 Å². The molecule has 0 aliphatic rings. The van der Waals surface area contributed by atoms with E-state index in [0.717, 1.165) is 30.7 Å². The Hall–Kier alpha value is -2.09. The highest BCUT2D eigenvalue weighted by Gasteiger charge is 2.31. The molecule has 5 nitrogen and oxygen atoms in total. The highest BCUT2D eigenvalue weighted by molar-refractivity contribution is 5.86. The van der Waals surface area contributed by atoms with Crippen LogP contribution in [0.25, 0.3) is 0 Å². The van der Waals surface area contributed by atoms with Crippen molar-refractivity contribution >= 4 is 11.9 Å². The molecule has 0 saturated heterocycles. The average molecular weight is 333 g/mol. The Bertz CT molecular complexity index is 543. The molecule has 0 bridgehead atoms. The molecule has 0 aromatic heterocycles. The molecule has 0 heterocycles. The van der Waals surface area contributed by atoms with Crippen LogP contribution < -0.4 is 5.32 Å². The lowest BCUT2D eigenvalue weighted by atomic mass is 10.0. The summed E-state index contributed by atoms with van der Waals surface area (Å²) in [5.74, 6) is -2.19. The van der Waals surface area contributed by atoms with Gasteiger partial charge in [0.2, 0.25) is 0 Å². The number of aliphatic carboxylic acids is 1. The monoisotopic (exact) mass is 333 g/mol. The van der Waals surface area contributed by atoms with E-state index in [-0.39, 0.29) is 12.0 Å². The Morgan fingerprint density at radius 1 is 1.22 bits per heavy atom. The molecule has 128 valence electrons. The number of aliphatic hydroxyl groups excluding tert-OH is 1. The average Bonchev–Trinajstić information content (AvgIpc) is 2.49. The fourth-order valence-corrected chi connectivity index (χ4v) is 1.92. The number of carbonyl (C=O) groups excluding carboxylic acids is 1. The van der Waals surface area contributed by atoms with Gasteiger partial charge < -0.3 is 15.5 Å². The van der Waals surface area contributed by atoms with E-state index in [4.69, 9.17) is 5.11 Å². The van der Waals surface area contributed by atoms with Crippen molar-refractivity contribution in [2.75, 3.05) is 0 Å². The number of nitrogens with one attached hydrogen (secondary N) is 1. The Kier molecular flexibility index (Phi) is 6.56. The van der Waals surface area contributed by atoms with Crippen LogP contribution in [0.2, 0.25) is 0 Å². The zero-order chi connectivity index (χ0) is 17.6. The van der Waals surface area contributed by atoms with Gasteiger partial charge in [0.15, 0.2) is 6.10 Å². The van der Waals surface area contributed by atoms with Crippen LogP contribution in [-0.2, 0) is 15.8 Å². The number of carboxylic acid groups (broad SMARTS) is 1. The van der Waals surface area contributed by atoms with Crippen LogP contribution in [0.4, 0.5) is 13.2 Å². The van der Waals surface area contributed by atoms with E-state index < -0.39 is 35.8 Å². The van der Waals surface area contributed by atoms with Crippen molar-refractivity contribution in [3.05, 3.63) is 35.4 Å². The summed E-state index contributed by atoms with van der Waals surface area (Å²) in [6, 6.07) is 2.31. The highest BCUT2D eigenvalue weighted by atomic mass is 19.4. The van der Waals surface area contributed by atoms with Gasteiger partial charge in [0.25, 0.3) is 5.91 Å². The lowest BCUT2D eigenvalue weighted by Crippen LogP contribution is -2.43. The van der Waals surface area contributed by atoms with Gasteiger partial charge in [0.05, 0.1) is 5.56 Å². The van der Waals surface area contributed by atoms with Crippen molar-refractivity contribution in [1.82, 2.24) is 5.32 Å². The van der Waals surface area contributed by atoms with Gasteiger partial charge in [0.1, 0.15) is 6.04 Å². The minimum absolute atomic E-state index is 0.0462. The first kappa shape index (κ1) is 19.0. The van der Waals surface area contributed by atoms with Gasteiger partial charge in [-0.1, -0.05) is 31.9 Å². The molecule has 0 radical (unpaired) electrons. The van der Waals surface area contributed by atoms with Gasteiger partial charge in [0, 0.05) is 0 Å². The molecule has 1 aromatic rings. The molecule has 1 amide bonds. The summed E-state index contributed by atoms with van der Waals surface area (Å²) in [5.41, 5.74) is -0.949. The smallest absolute Gasteiger partial charge is 0.416 e. The van der Waals surface area contributed by atoms with Crippen LogP contribution in [0.5, 0.6) is 0 Å². The number of amides is 1. The summed E-state index contributed by atoms with van der Waals surface area (Å²) in [6.07, 6.45) is -4.73. The van der Waals surface area contributed by atoms with Crippen molar-refractivity contribution in [3.63, 3.8) is 0 Å². The number of halogens is 3. The summed E-state index contributed by atoms with van der Waals surface area (Å²) in [5, 5.41) is 21.0. The molecule has 0 saturated carbocycles. The number of unbranched alkanes of at least 4 members (excludes halogenated alkanes) is 1. The SMILES string of the molecule is CCCC[C@H](NC(=O)[C@@H](O)c1ccc(C(F)(F)F)cc1)C(=O)O. The predicted molar refractivity (Wildman–Crippen MR) is 75.5 cm³/mol. The van der Waals surface area contributed by atoms with Crippen molar-refractivity contribution in [2.24, 2.45) is 0 Å². The predicted octanol–water partition coefficient (Wildman–Crippen LogP) is 2.50. The van der Waals surface area contributed by atoms with Gasteiger partial charge in [-0.25, -0.2) is 4.79 Å². The molecular weight excluding hydrogens is 315 g/mol. The normalized spacial score (nSPS) is 14.1. The number of alkyl halides is 3. The number of hydrogen-bond donors (Lipinski definition) is 3. The zero-order valence-corrected chi connectivity index (χ0v) is 12.4. The first-order valence-corrected chi connectivity index (χ1v) is 7.05. The van der Waals surface area contributed by atoms with E-state index >= 15 is 0 Å². The molecule has 8 heteroatoms. The summed E-state index contributed by atoms with van der Waals surface area (Å²) in [6.45, 7) is 1.86. The molecule has 0 fully saturated rings. The second-order valence-corrected chi connectivity index (χ2v) is 5.06. The number of carbonyl (C=O) groups is 2. The van der Waals surface area contributed by atoms with E-state index in [9.17, 15) is 27.9 Å². The fraction of sp³-hybridized carbons (Fsp3) is 0.467. The van der Waals surface area contributed by atoms with Crippen LogP contribution in [-0.4, -0.2) is 28.1 Å². The lowest BCUT2D eigenvalue weighted by molar-refractivity contribution is -0.143. The maximum atomic E-state index is 12.5. The number of hydrogen-bond acceptors (Lipinski definition) is 3. The third kappa shape index (κ3) is 5.55. The quantitative estimate of drug-likeness (QED) is 0.715. The van der Waals surface area contributed by atoms with E-state index in [2.05, 4.69) is 5.32 Å². The third-order valence-electron chi connectivity index (χ3n) is 3.26. The molecule has 0 aliphatic heterocycles. The molecule has 0 unspecified atom stereocenters. The van der Waals surface area contributed by atoms with Gasteiger partial charge in [-0.2, -0.15) is 13.2 Å². The Morgan fingerprint density at radius 3 is 2.22 bits per heavy atom. The second-order valence-electron chi connectivity index (χ2n) is 5.06. The molecular formula is C15H18F3NO4. The minimum atomic E-state index is -4.51. The molecule has 3 N–H and O–H groups in total. The van der Waals surface area contributed by atoms with Crippen molar-refractivity contribution in [2.45, 2.75) is 44.5 Å². The molecule has 2 atom stereocenters. The third-order valence-corrected chi connectivity index (χ3v) is 3.26. The van der Waals surface area contributed by atoms with Gasteiger partial charge in [-0.3, -0.25) is 4.79 Å². The first-order valence-electron chi connectivity index (χ1n) is 7.05. The summed E-state index contributed by atoms with van der Waals surface area (Å²) >= 11 is 0. The maximum Gasteiger partial charge on any atom is 0.416 e. The zero-order valence-electron chi connectivity index (χ0n) is 12.4. The fourth-order valence-electron chi connectivity index (χ4n) is 1.92. The summed E-state index contributed by atoms with van der Waals surface area (Å²) in [7, 11) is 0. The Labute approximate surface area is 131 Å². The van der Waals surface area contributed by atoms with Crippen LogP contribution in [0, 0.1) is 0 Å². The highest BCUT2D eigenvalue weighted by Crippen LogP contribution is 2.29. The van der Waals surface area contributed by atoms with Gasteiger partial charge in [-0.15, -0.1) is 0 Å². The van der Waals surface area contributed by atoms with E-state index in [1.165, 1.54) is 0 Å². The molecule has 23 heavy (non-hydrogen) atoms. The summed E-state index contributed by atoms with van der Waals surface area (Å²) < 4.78 is 37.4. The van der Waals surface area contributed by atoms with Crippen LogP contribution >= 0.6 is 0 Å². The summed E-state index contributed by atoms with van der Waals surface area (Å²) in [4.78, 5) is 22.9. The molecule has 0 aliphatic carbocycles. The minimum Gasteiger partial charge on any atom is -0.480 e. The first-order chi connectivity index (χ1) is 10.7. The number of rotatable bonds is 7. The Balaban J connectivity index is 2.77.